The number of nitrogens with zero attached hydrogens (tertiary/aromatic N) is 2. The largest absolute Gasteiger partial charge is 0.476 e. The molecule has 0 aliphatic carbocycles. The molecule has 1 aromatic rings. The van der Waals surface area contributed by atoms with E-state index in [4.69, 9.17) is 5.11 Å². The Morgan fingerprint density at radius 2 is 2.25 bits per heavy atom. The van der Waals surface area contributed by atoms with E-state index in [1.165, 1.54) is 12.5 Å². The van der Waals surface area contributed by atoms with Crippen LogP contribution >= 0.6 is 0 Å². The van der Waals surface area contributed by atoms with E-state index >= 15 is 0 Å². The lowest BCUT2D eigenvalue weighted by Crippen LogP contribution is -2.30. The molecule has 0 spiro atoms. The summed E-state index contributed by atoms with van der Waals surface area (Å²) in [4.78, 5) is 25.5. The first-order valence-electron chi connectivity index (χ1n) is 5.03. The van der Waals surface area contributed by atoms with Crippen LogP contribution in [0.1, 0.15) is 24.3 Å². The molecule has 0 aliphatic rings. The van der Waals surface area contributed by atoms with Gasteiger partial charge in [-0.2, -0.15) is 0 Å². The highest BCUT2D eigenvalue weighted by molar-refractivity contribution is 5.84. The molecule has 0 saturated carbocycles. The van der Waals surface area contributed by atoms with Crippen LogP contribution in [0.2, 0.25) is 0 Å². The Bertz CT molecular complexity index is 384. The van der Waals surface area contributed by atoms with Crippen molar-refractivity contribution in [3.63, 3.8) is 0 Å². The van der Waals surface area contributed by atoms with Gasteiger partial charge in [0.1, 0.15) is 0 Å². The zero-order chi connectivity index (χ0) is 12.1. The van der Waals surface area contributed by atoms with Gasteiger partial charge in [-0.15, -0.1) is 0 Å². The molecule has 0 atom stereocenters. The molecule has 16 heavy (non-hydrogen) atoms. The molecule has 1 aromatic heterocycles. The molecule has 0 fully saturated rings. The summed E-state index contributed by atoms with van der Waals surface area (Å²) in [6, 6.07) is 0. The van der Waals surface area contributed by atoms with Crippen LogP contribution in [0.5, 0.6) is 0 Å². The van der Waals surface area contributed by atoms with Crippen molar-refractivity contribution in [3.8, 4) is 0 Å². The predicted octanol–water partition coefficient (Wildman–Crippen LogP) is 0.353. The van der Waals surface area contributed by atoms with Crippen molar-refractivity contribution in [2.75, 3.05) is 6.54 Å². The zero-order valence-electron chi connectivity index (χ0n) is 9.30. The first kappa shape index (κ1) is 12.2. The first-order valence-corrected chi connectivity index (χ1v) is 5.03. The third-order valence-electron chi connectivity index (χ3n) is 2.05. The Hall–Kier alpha value is -1.85. The number of nitrogens with one attached hydrogen (secondary N) is 1. The van der Waals surface area contributed by atoms with E-state index in [1.54, 1.807) is 4.57 Å². The SMILES string of the molecule is CC(C)C(=O)NCCn1cnc(C(=O)O)c1. The van der Waals surface area contributed by atoms with Crippen LogP contribution in [0.25, 0.3) is 0 Å². The van der Waals surface area contributed by atoms with Crippen LogP contribution in [-0.2, 0) is 11.3 Å². The summed E-state index contributed by atoms with van der Waals surface area (Å²) in [5.41, 5.74) is 0.00943. The quantitative estimate of drug-likeness (QED) is 0.757. The average Bonchev–Trinajstić information content (AvgIpc) is 2.66. The standard InChI is InChI=1S/C10H15N3O3/c1-7(2)9(14)11-3-4-13-5-8(10(15)16)12-6-13/h5-7H,3-4H2,1-2H3,(H,11,14)(H,15,16). The number of carboxylic acids is 1. The summed E-state index contributed by atoms with van der Waals surface area (Å²) in [6.45, 7) is 4.61. The van der Waals surface area contributed by atoms with Crippen molar-refractivity contribution >= 4 is 11.9 Å². The molecule has 0 aromatic carbocycles. The number of carbonyl (C=O) groups is 2. The molecular weight excluding hydrogens is 210 g/mol. The van der Waals surface area contributed by atoms with Crippen LogP contribution in [0.3, 0.4) is 0 Å². The molecule has 6 heteroatoms. The van der Waals surface area contributed by atoms with Crippen molar-refractivity contribution in [2.45, 2.75) is 20.4 Å². The highest BCUT2D eigenvalue weighted by Crippen LogP contribution is 1.96. The molecule has 0 radical (unpaired) electrons. The number of carbonyl (C=O) groups excluding carboxylic acids is 1. The minimum Gasteiger partial charge on any atom is -0.476 e. The zero-order valence-corrected chi connectivity index (χ0v) is 9.30. The van der Waals surface area contributed by atoms with Gasteiger partial charge in [0, 0.05) is 25.2 Å². The number of hydrogen-bond donors (Lipinski definition) is 2. The second kappa shape index (κ2) is 5.29. The van der Waals surface area contributed by atoms with Gasteiger partial charge in [-0.05, 0) is 0 Å². The number of amides is 1. The van der Waals surface area contributed by atoms with Crippen molar-refractivity contribution in [3.05, 3.63) is 18.2 Å². The van der Waals surface area contributed by atoms with Crippen LogP contribution in [-0.4, -0.2) is 33.1 Å². The number of aromatic nitrogens is 2. The topological polar surface area (TPSA) is 84.2 Å². The summed E-state index contributed by atoms with van der Waals surface area (Å²) in [6.07, 6.45) is 2.87. The smallest absolute Gasteiger partial charge is 0.356 e. The third kappa shape index (κ3) is 3.38. The second-order valence-corrected chi connectivity index (χ2v) is 3.75. The van der Waals surface area contributed by atoms with Crippen LogP contribution < -0.4 is 5.32 Å². The van der Waals surface area contributed by atoms with Crippen molar-refractivity contribution in [1.29, 1.82) is 0 Å². The molecule has 0 aliphatic heterocycles. The first-order chi connectivity index (χ1) is 7.50. The summed E-state index contributed by atoms with van der Waals surface area (Å²) in [5.74, 6) is -1.11. The molecule has 88 valence electrons. The molecular formula is C10H15N3O3. The van der Waals surface area contributed by atoms with Crippen LogP contribution in [0, 0.1) is 5.92 Å². The minimum absolute atomic E-state index is 0.00943. The highest BCUT2D eigenvalue weighted by atomic mass is 16.4. The Labute approximate surface area is 93.3 Å². The normalized spacial score (nSPS) is 10.4. The second-order valence-electron chi connectivity index (χ2n) is 3.75. The molecule has 1 rings (SSSR count). The van der Waals surface area contributed by atoms with E-state index < -0.39 is 5.97 Å². The predicted molar refractivity (Wildman–Crippen MR) is 57.0 cm³/mol. The lowest BCUT2D eigenvalue weighted by Gasteiger charge is -2.07. The van der Waals surface area contributed by atoms with E-state index in [9.17, 15) is 9.59 Å². The van der Waals surface area contributed by atoms with Gasteiger partial charge in [0.25, 0.3) is 0 Å². The summed E-state index contributed by atoms with van der Waals surface area (Å²) >= 11 is 0. The lowest BCUT2D eigenvalue weighted by atomic mass is 10.2. The maximum Gasteiger partial charge on any atom is 0.356 e. The fraction of sp³-hybridized carbons (Fsp3) is 0.500. The van der Waals surface area contributed by atoms with Gasteiger partial charge in [-0.25, -0.2) is 9.78 Å². The Kier molecular flexibility index (Phi) is 4.04. The van der Waals surface area contributed by atoms with Gasteiger partial charge in [0.15, 0.2) is 5.69 Å². The molecule has 6 nitrogen and oxygen atoms in total. The Morgan fingerprint density at radius 3 is 2.75 bits per heavy atom. The van der Waals surface area contributed by atoms with Gasteiger partial charge in [0.05, 0.1) is 6.33 Å². The lowest BCUT2D eigenvalue weighted by molar-refractivity contribution is -0.124. The van der Waals surface area contributed by atoms with Gasteiger partial charge < -0.3 is 15.0 Å². The highest BCUT2D eigenvalue weighted by Gasteiger charge is 2.07. The molecule has 1 amide bonds. The molecule has 2 N–H and O–H groups in total. The van der Waals surface area contributed by atoms with E-state index in [-0.39, 0.29) is 17.5 Å². The van der Waals surface area contributed by atoms with Gasteiger partial charge in [-0.1, -0.05) is 13.8 Å². The van der Waals surface area contributed by atoms with E-state index in [2.05, 4.69) is 10.3 Å². The maximum atomic E-state index is 11.2. The molecule has 1 heterocycles. The monoisotopic (exact) mass is 225 g/mol. The molecule has 0 saturated heterocycles. The number of aromatic carboxylic acids is 1. The van der Waals surface area contributed by atoms with Crippen molar-refractivity contribution in [1.82, 2.24) is 14.9 Å². The maximum absolute atomic E-state index is 11.2. The van der Waals surface area contributed by atoms with Gasteiger partial charge >= 0.3 is 5.97 Å². The summed E-state index contributed by atoms with van der Waals surface area (Å²) in [7, 11) is 0. The Balaban J connectivity index is 2.37. The van der Waals surface area contributed by atoms with E-state index in [1.807, 2.05) is 13.8 Å². The van der Waals surface area contributed by atoms with E-state index in [0.29, 0.717) is 13.1 Å². The number of carboxylic acid groups (broad SMARTS) is 1. The number of imidazole rings is 1. The Morgan fingerprint density at radius 1 is 1.56 bits per heavy atom. The number of rotatable bonds is 5. The third-order valence-corrected chi connectivity index (χ3v) is 2.05. The van der Waals surface area contributed by atoms with Crippen LogP contribution in [0.15, 0.2) is 12.5 Å². The molecule has 0 unspecified atom stereocenters. The van der Waals surface area contributed by atoms with Gasteiger partial charge in [0.2, 0.25) is 5.91 Å². The van der Waals surface area contributed by atoms with Gasteiger partial charge in [-0.3, -0.25) is 4.79 Å². The average molecular weight is 225 g/mol. The van der Waals surface area contributed by atoms with E-state index in [0.717, 1.165) is 0 Å². The number of hydrogen-bond acceptors (Lipinski definition) is 3. The summed E-state index contributed by atoms with van der Waals surface area (Å²) in [5, 5.41) is 11.4. The fourth-order valence-corrected chi connectivity index (χ4v) is 1.11. The van der Waals surface area contributed by atoms with Crippen molar-refractivity contribution in [2.24, 2.45) is 5.92 Å². The fourth-order valence-electron chi connectivity index (χ4n) is 1.11. The molecule has 0 bridgehead atoms. The van der Waals surface area contributed by atoms with Crippen LogP contribution in [0.4, 0.5) is 0 Å². The summed E-state index contributed by atoms with van der Waals surface area (Å²) < 4.78 is 1.63. The minimum atomic E-state index is -1.05. The van der Waals surface area contributed by atoms with Crippen molar-refractivity contribution < 1.29 is 14.7 Å².